The molecule has 0 spiro atoms. The van der Waals surface area contributed by atoms with Crippen LogP contribution in [0.2, 0.25) is 0 Å². The minimum Gasteiger partial charge on any atom is -0.477 e. The van der Waals surface area contributed by atoms with Gasteiger partial charge in [-0.05, 0) is 29.9 Å². The molecular formula is C11H14O2S2. The summed E-state index contributed by atoms with van der Waals surface area (Å²) in [7, 11) is 0. The molecule has 0 unspecified atom stereocenters. The Hall–Kier alpha value is -0.480. The van der Waals surface area contributed by atoms with Crippen molar-refractivity contribution in [3.05, 3.63) is 21.9 Å². The second kappa shape index (κ2) is 5.03. The van der Waals surface area contributed by atoms with Crippen LogP contribution in [0.4, 0.5) is 0 Å². The quantitative estimate of drug-likeness (QED) is 0.876. The predicted molar refractivity (Wildman–Crippen MR) is 64.8 cm³/mol. The highest BCUT2D eigenvalue weighted by molar-refractivity contribution is 7.99. The summed E-state index contributed by atoms with van der Waals surface area (Å²) in [6.45, 7) is 0. The summed E-state index contributed by atoms with van der Waals surface area (Å²) in [5.41, 5.74) is 0.990. The fraction of sp³-hybridized carbons (Fsp3) is 0.545. The molecule has 2 nitrogen and oxygen atoms in total. The summed E-state index contributed by atoms with van der Waals surface area (Å²) in [4.78, 5) is 11.4. The number of hydrogen-bond donors (Lipinski definition) is 1. The summed E-state index contributed by atoms with van der Waals surface area (Å²) < 4.78 is 0. The van der Waals surface area contributed by atoms with Gasteiger partial charge in [0.15, 0.2) is 0 Å². The van der Waals surface area contributed by atoms with Crippen LogP contribution in [0.15, 0.2) is 11.4 Å². The molecule has 0 aliphatic heterocycles. The molecule has 4 heteroatoms. The average Bonchev–Trinajstić information content (AvgIpc) is 2.86. The normalized spacial score (nSPS) is 17.1. The molecule has 1 saturated carbocycles. The van der Waals surface area contributed by atoms with Gasteiger partial charge < -0.3 is 5.11 Å². The first kappa shape index (κ1) is 11.0. The van der Waals surface area contributed by atoms with Crippen molar-refractivity contribution in [2.45, 2.75) is 36.7 Å². The van der Waals surface area contributed by atoms with Crippen LogP contribution in [-0.4, -0.2) is 16.3 Å². The van der Waals surface area contributed by atoms with Gasteiger partial charge in [-0.25, -0.2) is 4.79 Å². The smallest absolute Gasteiger partial charge is 0.346 e. The second-order valence-corrected chi connectivity index (χ2v) is 6.00. The molecule has 2 rings (SSSR count). The number of carboxylic acids is 1. The summed E-state index contributed by atoms with van der Waals surface area (Å²) >= 11 is 3.24. The van der Waals surface area contributed by atoms with Crippen LogP contribution >= 0.6 is 23.1 Å². The Labute approximate surface area is 97.7 Å². The molecule has 1 fully saturated rings. The van der Waals surface area contributed by atoms with E-state index in [4.69, 9.17) is 5.11 Å². The lowest BCUT2D eigenvalue weighted by Crippen LogP contribution is -1.99. The van der Waals surface area contributed by atoms with E-state index in [-0.39, 0.29) is 0 Å². The molecule has 0 saturated heterocycles. The van der Waals surface area contributed by atoms with Crippen molar-refractivity contribution >= 4 is 29.1 Å². The molecule has 1 N–H and O–H groups in total. The van der Waals surface area contributed by atoms with E-state index < -0.39 is 5.97 Å². The zero-order chi connectivity index (χ0) is 10.7. The predicted octanol–water partition coefficient (Wildman–Crippen LogP) is 3.62. The minimum atomic E-state index is -0.785. The molecule has 15 heavy (non-hydrogen) atoms. The maximum Gasteiger partial charge on any atom is 0.346 e. The molecule has 0 radical (unpaired) electrons. The van der Waals surface area contributed by atoms with Gasteiger partial charge in [-0.3, -0.25) is 0 Å². The minimum absolute atomic E-state index is 0.514. The Morgan fingerprint density at radius 2 is 2.27 bits per heavy atom. The van der Waals surface area contributed by atoms with Crippen LogP contribution in [0.25, 0.3) is 0 Å². The van der Waals surface area contributed by atoms with Crippen LogP contribution in [0.1, 0.15) is 40.9 Å². The first-order valence-corrected chi connectivity index (χ1v) is 7.11. The van der Waals surface area contributed by atoms with E-state index in [0.717, 1.165) is 16.6 Å². The van der Waals surface area contributed by atoms with Gasteiger partial charge in [0.05, 0.1) is 0 Å². The van der Waals surface area contributed by atoms with Gasteiger partial charge >= 0.3 is 5.97 Å². The largest absolute Gasteiger partial charge is 0.477 e. The molecule has 0 bridgehead atoms. The number of thiophene rings is 1. The molecule has 1 heterocycles. The number of carboxylic acid groups (broad SMARTS) is 1. The highest BCUT2D eigenvalue weighted by atomic mass is 32.2. The standard InChI is InChI=1S/C11H14O2S2/c12-11(13)10-8(5-6-14-10)7-15-9-3-1-2-4-9/h5-6,9H,1-4,7H2,(H,12,13). The van der Waals surface area contributed by atoms with E-state index in [1.54, 1.807) is 0 Å². The van der Waals surface area contributed by atoms with Crippen LogP contribution in [0, 0.1) is 0 Å². The molecule has 0 amide bonds. The fourth-order valence-electron chi connectivity index (χ4n) is 1.90. The number of thioether (sulfide) groups is 1. The highest BCUT2D eigenvalue weighted by Crippen LogP contribution is 2.33. The van der Waals surface area contributed by atoms with Crippen molar-refractivity contribution in [1.29, 1.82) is 0 Å². The second-order valence-electron chi connectivity index (χ2n) is 3.80. The molecule has 1 aromatic heterocycles. The summed E-state index contributed by atoms with van der Waals surface area (Å²) in [5.74, 6) is 0.0718. The third-order valence-corrected chi connectivity index (χ3v) is 5.08. The topological polar surface area (TPSA) is 37.3 Å². The van der Waals surface area contributed by atoms with E-state index in [2.05, 4.69) is 0 Å². The van der Waals surface area contributed by atoms with E-state index in [0.29, 0.717) is 4.88 Å². The molecule has 0 aromatic carbocycles. The number of carbonyl (C=O) groups is 1. The van der Waals surface area contributed by atoms with Gasteiger partial charge in [-0.1, -0.05) is 12.8 Å². The van der Waals surface area contributed by atoms with Gasteiger partial charge in [0.25, 0.3) is 0 Å². The third-order valence-electron chi connectivity index (χ3n) is 2.72. The zero-order valence-corrected chi connectivity index (χ0v) is 10.1. The van der Waals surface area contributed by atoms with Crippen molar-refractivity contribution < 1.29 is 9.90 Å². The van der Waals surface area contributed by atoms with Gasteiger partial charge in [0, 0.05) is 11.0 Å². The van der Waals surface area contributed by atoms with Crippen LogP contribution in [0.3, 0.4) is 0 Å². The summed E-state index contributed by atoms with van der Waals surface area (Å²) in [5, 5.41) is 11.6. The van der Waals surface area contributed by atoms with Gasteiger partial charge in [0.2, 0.25) is 0 Å². The number of aromatic carboxylic acids is 1. The third kappa shape index (κ3) is 2.75. The Kier molecular flexibility index (Phi) is 3.70. The monoisotopic (exact) mass is 242 g/mol. The molecule has 1 aliphatic carbocycles. The number of rotatable bonds is 4. The van der Waals surface area contributed by atoms with Gasteiger partial charge in [0.1, 0.15) is 4.88 Å². The first-order valence-electron chi connectivity index (χ1n) is 5.18. The van der Waals surface area contributed by atoms with Crippen molar-refractivity contribution in [3.8, 4) is 0 Å². The SMILES string of the molecule is O=C(O)c1sccc1CSC1CCCC1. The average molecular weight is 242 g/mol. The summed E-state index contributed by atoms with van der Waals surface area (Å²) in [6, 6.07) is 1.94. The van der Waals surface area contributed by atoms with E-state index in [1.165, 1.54) is 37.0 Å². The first-order chi connectivity index (χ1) is 7.27. The Balaban J connectivity index is 1.92. The van der Waals surface area contributed by atoms with Gasteiger partial charge in [-0.15, -0.1) is 11.3 Å². The maximum atomic E-state index is 10.9. The highest BCUT2D eigenvalue weighted by Gasteiger charge is 2.17. The lowest BCUT2D eigenvalue weighted by atomic mass is 10.3. The van der Waals surface area contributed by atoms with Crippen molar-refractivity contribution in [3.63, 3.8) is 0 Å². The van der Waals surface area contributed by atoms with Crippen molar-refractivity contribution in [2.24, 2.45) is 0 Å². The van der Waals surface area contributed by atoms with Crippen LogP contribution in [0.5, 0.6) is 0 Å². The van der Waals surface area contributed by atoms with Crippen molar-refractivity contribution in [2.75, 3.05) is 0 Å². The van der Waals surface area contributed by atoms with Crippen LogP contribution in [-0.2, 0) is 5.75 Å². The number of hydrogen-bond acceptors (Lipinski definition) is 3. The molecule has 1 aromatic rings. The fourth-order valence-corrected chi connectivity index (χ4v) is 4.07. The van der Waals surface area contributed by atoms with E-state index >= 15 is 0 Å². The van der Waals surface area contributed by atoms with Gasteiger partial charge in [-0.2, -0.15) is 11.8 Å². The van der Waals surface area contributed by atoms with E-state index in [1.807, 2.05) is 23.2 Å². The summed E-state index contributed by atoms with van der Waals surface area (Å²) in [6.07, 6.45) is 5.29. The van der Waals surface area contributed by atoms with Crippen molar-refractivity contribution in [1.82, 2.24) is 0 Å². The Morgan fingerprint density at radius 3 is 2.93 bits per heavy atom. The Morgan fingerprint density at radius 1 is 1.53 bits per heavy atom. The van der Waals surface area contributed by atoms with Crippen LogP contribution < -0.4 is 0 Å². The lowest BCUT2D eigenvalue weighted by Gasteiger charge is -2.07. The lowest BCUT2D eigenvalue weighted by molar-refractivity contribution is 0.0701. The zero-order valence-electron chi connectivity index (χ0n) is 8.44. The maximum absolute atomic E-state index is 10.9. The molecule has 0 atom stereocenters. The molecule has 1 aliphatic rings. The van der Waals surface area contributed by atoms with E-state index in [9.17, 15) is 4.79 Å². The molecule has 82 valence electrons. The Bertz CT molecular complexity index is 340. The molecular weight excluding hydrogens is 228 g/mol.